The Morgan fingerprint density at radius 3 is 2.84 bits per heavy atom. The summed E-state index contributed by atoms with van der Waals surface area (Å²) in [6.07, 6.45) is 4.94. The van der Waals surface area contributed by atoms with Crippen molar-refractivity contribution >= 4 is 0 Å². The van der Waals surface area contributed by atoms with Crippen LogP contribution in [0.3, 0.4) is 0 Å². The number of aryl methyl sites for hydroxylation is 3. The van der Waals surface area contributed by atoms with E-state index in [4.69, 9.17) is 4.98 Å². The lowest BCUT2D eigenvalue weighted by Gasteiger charge is -2.16. The van der Waals surface area contributed by atoms with Gasteiger partial charge in [-0.05, 0) is 18.9 Å². The number of benzene rings is 1. The van der Waals surface area contributed by atoms with Gasteiger partial charge < -0.3 is 5.32 Å². The standard InChI is InChI=1S/C16H19N3/c1-12-2-4-13(5-3-12)6-7-16-18-11-14-10-17-9-8-15(14)19-16/h2-5,11,17H,6-10H2,1H3. The molecule has 0 unspecified atom stereocenters. The Labute approximate surface area is 114 Å². The molecule has 98 valence electrons. The Bertz CT molecular complexity index is 561. The van der Waals surface area contributed by atoms with Crippen LogP contribution in [-0.4, -0.2) is 16.5 Å². The first-order chi connectivity index (χ1) is 9.31. The first-order valence-electron chi connectivity index (χ1n) is 6.91. The van der Waals surface area contributed by atoms with Crippen LogP contribution in [0.25, 0.3) is 0 Å². The molecule has 3 heteroatoms. The molecule has 1 aromatic carbocycles. The molecule has 0 bridgehead atoms. The topological polar surface area (TPSA) is 37.8 Å². The van der Waals surface area contributed by atoms with Gasteiger partial charge in [-0.2, -0.15) is 0 Å². The molecule has 2 heterocycles. The molecule has 0 radical (unpaired) electrons. The predicted molar refractivity (Wildman–Crippen MR) is 76.0 cm³/mol. The maximum atomic E-state index is 4.69. The molecule has 19 heavy (non-hydrogen) atoms. The van der Waals surface area contributed by atoms with E-state index < -0.39 is 0 Å². The van der Waals surface area contributed by atoms with Crippen LogP contribution in [0.2, 0.25) is 0 Å². The van der Waals surface area contributed by atoms with Gasteiger partial charge in [0.15, 0.2) is 0 Å². The summed E-state index contributed by atoms with van der Waals surface area (Å²) in [5, 5.41) is 3.34. The van der Waals surface area contributed by atoms with Crippen LogP contribution in [0.1, 0.15) is 28.2 Å². The van der Waals surface area contributed by atoms with E-state index in [1.807, 2.05) is 6.20 Å². The molecule has 0 amide bonds. The smallest absolute Gasteiger partial charge is 0.128 e. The highest BCUT2D eigenvalue weighted by molar-refractivity contribution is 5.23. The fourth-order valence-corrected chi connectivity index (χ4v) is 2.41. The van der Waals surface area contributed by atoms with Gasteiger partial charge in [0, 0.05) is 43.4 Å². The Hall–Kier alpha value is -1.74. The maximum Gasteiger partial charge on any atom is 0.128 e. The Morgan fingerprint density at radius 1 is 1.16 bits per heavy atom. The van der Waals surface area contributed by atoms with Gasteiger partial charge in [0.05, 0.1) is 0 Å². The van der Waals surface area contributed by atoms with Crippen molar-refractivity contribution in [3.05, 3.63) is 58.7 Å². The van der Waals surface area contributed by atoms with Gasteiger partial charge in [-0.25, -0.2) is 9.97 Å². The third-order valence-corrected chi connectivity index (χ3v) is 3.62. The molecule has 0 atom stereocenters. The summed E-state index contributed by atoms with van der Waals surface area (Å²) in [6, 6.07) is 8.71. The molecule has 0 saturated heterocycles. The predicted octanol–water partition coefficient (Wildman–Crippen LogP) is 2.22. The molecule has 0 fully saturated rings. The van der Waals surface area contributed by atoms with Gasteiger partial charge in [-0.15, -0.1) is 0 Å². The highest BCUT2D eigenvalue weighted by Gasteiger charge is 2.11. The van der Waals surface area contributed by atoms with Crippen molar-refractivity contribution in [3.63, 3.8) is 0 Å². The van der Waals surface area contributed by atoms with Crippen LogP contribution in [-0.2, 0) is 25.8 Å². The SMILES string of the molecule is Cc1ccc(CCc2ncc3c(n2)CCNC3)cc1. The first-order valence-corrected chi connectivity index (χ1v) is 6.91. The maximum absolute atomic E-state index is 4.69. The van der Waals surface area contributed by atoms with Crippen LogP contribution >= 0.6 is 0 Å². The van der Waals surface area contributed by atoms with Crippen molar-refractivity contribution in [2.24, 2.45) is 0 Å². The monoisotopic (exact) mass is 253 g/mol. The van der Waals surface area contributed by atoms with Crippen molar-refractivity contribution in [3.8, 4) is 0 Å². The summed E-state index contributed by atoms with van der Waals surface area (Å²) in [5.74, 6) is 0.973. The fourth-order valence-electron chi connectivity index (χ4n) is 2.41. The summed E-state index contributed by atoms with van der Waals surface area (Å²) in [6.45, 7) is 4.05. The number of aromatic nitrogens is 2. The quantitative estimate of drug-likeness (QED) is 0.911. The van der Waals surface area contributed by atoms with E-state index in [-0.39, 0.29) is 0 Å². The summed E-state index contributed by atoms with van der Waals surface area (Å²) in [5.41, 5.74) is 5.15. The molecular formula is C16H19N3. The number of hydrogen-bond acceptors (Lipinski definition) is 3. The largest absolute Gasteiger partial charge is 0.312 e. The number of rotatable bonds is 3. The fraction of sp³-hybridized carbons (Fsp3) is 0.375. The van der Waals surface area contributed by atoms with Crippen molar-refractivity contribution in [2.45, 2.75) is 32.7 Å². The molecule has 3 rings (SSSR count). The van der Waals surface area contributed by atoms with E-state index in [1.54, 1.807) is 0 Å². The van der Waals surface area contributed by atoms with E-state index in [0.29, 0.717) is 0 Å². The lowest BCUT2D eigenvalue weighted by molar-refractivity contribution is 0.619. The van der Waals surface area contributed by atoms with Crippen molar-refractivity contribution in [1.82, 2.24) is 15.3 Å². The molecule has 1 N–H and O–H groups in total. The van der Waals surface area contributed by atoms with Crippen molar-refractivity contribution in [1.29, 1.82) is 0 Å². The molecule has 2 aromatic rings. The summed E-state index contributed by atoms with van der Waals surface area (Å²) >= 11 is 0. The van der Waals surface area contributed by atoms with Crippen LogP contribution in [0.4, 0.5) is 0 Å². The average molecular weight is 253 g/mol. The summed E-state index contributed by atoms with van der Waals surface area (Å²) in [7, 11) is 0. The lowest BCUT2D eigenvalue weighted by Crippen LogP contribution is -2.25. The second-order valence-electron chi connectivity index (χ2n) is 5.17. The molecule has 0 saturated carbocycles. The normalized spacial score (nSPS) is 14.2. The van der Waals surface area contributed by atoms with Gasteiger partial charge in [-0.3, -0.25) is 0 Å². The zero-order valence-corrected chi connectivity index (χ0v) is 11.3. The Balaban J connectivity index is 1.68. The average Bonchev–Trinajstić information content (AvgIpc) is 2.46. The number of nitrogens with one attached hydrogen (secondary N) is 1. The molecule has 3 nitrogen and oxygen atoms in total. The second kappa shape index (κ2) is 5.49. The minimum atomic E-state index is 0.910. The highest BCUT2D eigenvalue weighted by atomic mass is 14.9. The van der Waals surface area contributed by atoms with Gasteiger partial charge in [-0.1, -0.05) is 29.8 Å². The number of hydrogen-bond donors (Lipinski definition) is 1. The molecule has 1 aromatic heterocycles. The highest BCUT2D eigenvalue weighted by Crippen LogP contribution is 2.12. The van der Waals surface area contributed by atoms with Gasteiger partial charge in [0.2, 0.25) is 0 Å². The molecule has 0 aliphatic carbocycles. The third-order valence-electron chi connectivity index (χ3n) is 3.62. The second-order valence-corrected chi connectivity index (χ2v) is 5.17. The Kier molecular flexibility index (Phi) is 3.56. The van der Waals surface area contributed by atoms with E-state index in [1.165, 1.54) is 22.4 Å². The van der Waals surface area contributed by atoms with E-state index >= 15 is 0 Å². The van der Waals surface area contributed by atoms with Crippen LogP contribution in [0.5, 0.6) is 0 Å². The van der Waals surface area contributed by atoms with Crippen LogP contribution < -0.4 is 5.32 Å². The molecule has 1 aliphatic rings. The third kappa shape index (κ3) is 2.99. The minimum Gasteiger partial charge on any atom is -0.312 e. The molecule has 0 spiro atoms. The lowest BCUT2D eigenvalue weighted by atomic mass is 10.1. The van der Waals surface area contributed by atoms with Gasteiger partial charge >= 0.3 is 0 Å². The van der Waals surface area contributed by atoms with E-state index in [0.717, 1.165) is 38.2 Å². The summed E-state index contributed by atoms with van der Waals surface area (Å²) in [4.78, 5) is 9.17. The van der Waals surface area contributed by atoms with Crippen molar-refractivity contribution in [2.75, 3.05) is 6.54 Å². The van der Waals surface area contributed by atoms with Crippen LogP contribution in [0, 0.1) is 6.92 Å². The minimum absolute atomic E-state index is 0.910. The van der Waals surface area contributed by atoms with Crippen molar-refractivity contribution < 1.29 is 0 Å². The van der Waals surface area contributed by atoms with Gasteiger partial charge in [0.25, 0.3) is 0 Å². The molecule has 1 aliphatic heterocycles. The van der Waals surface area contributed by atoms with Gasteiger partial charge in [0.1, 0.15) is 5.82 Å². The van der Waals surface area contributed by atoms with Crippen LogP contribution in [0.15, 0.2) is 30.5 Å². The van der Waals surface area contributed by atoms with E-state index in [9.17, 15) is 0 Å². The zero-order valence-electron chi connectivity index (χ0n) is 11.3. The Morgan fingerprint density at radius 2 is 2.00 bits per heavy atom. The zero-order chi connectivity index (χ0) is 13.1. The molecular weight excluding hydrogens is 234 g/mol. The number of fused-ring (bicyclic) bond motifs is 1. The summed E-state index contributed by atoms with van der Waals surface area (Å²) < 4.78 is 0. The van der Waals surface area contributed by atoms with E-state index in [2.05, 4.69) is 41.5 Å². The number of nitrogens with zero attached hydrogens (tertiary/aromatic N) is 2. The first kappa shape index (κ1) is 12.3.